The van der Waals surface area contributed by atoms with Gasteiger partial charge in [-0.3, -0.25) is 4.79 Å². The van der Waals surface area contributed by atoms with Gasteiger partial charge in [0.25, 0.3) is 0 Å². The highest BCUT2D eigenvalue weighted by Crippen LogP contribution is 2.16. The minimum Gasteiger partial charge on any atom is -0.383 e. The van der Waals surface area contributed by atoms with Crippen LogP contribution < -0.4 is 16.4 Å². The van der Waals surface area contributed by atoms with Crippen molar-refractivity contribution >= 4 is 17.5 Å². The van der Waals surface area contributed by atoms with Crippen LogP contribution in [-0.4, -0.2) is 29.5 Å². The molecule has 0 aromatic carbocycles. The number of anilines is 2. The van der Waals surface area contributed by atoms with Gasteiger partial charge in [0.05, 0.1) is 6.54 Å². The third-order valence-corrected chi connectivity index (χ3v) is 2.24. The van der Waals surface area contributed by atoms with Crippen molar-refractivity contribution in [3.63, 3.8) is 0 Å². The molecule has 6 nitrogen and oxygen atoms in total. The maximum atomic E-state index is 11.1. The molecule has 1 amide bonds. The van der Waals surface area contributed by atoms with Crippen molar-refractivity contribution in [3.8, 4) is 0 Å². The van der Waals surface area contributed by atoms with Gasteiger partial charge in [-0.15, -0.1) is 0 Å². The predicted octanol–water partition coefficient (Wildman–Crippen LogP) is 0.0875. The van der Waals surface area contributed by atoms with Crippen molar-refractivity contribution in [2.75, 3.05) is 24.6 Å². The molecule has 0 bridgehead atoms. The number of hydrogen-bond donors (Lipinski definition) is 3. The molecule has 1 rings (SSSR count). The van der Waals surface area contributed by atoms with Crippen LogP contribution >= 0.6 is 0 Å². The molecule has 0 aliphatic carbocycles. The monoisotopic (exact) mass is 223 g/mol. The molecular weight excluding hydrogens is 206 g/mol. The van der Waals surface area contributed by atoms with Crippen molar-refractivity contribution in [2.45, 2.75) is 20.3 Å². The second-order valence-electron chi connectivity index (χ2n) is 3.38. The van der Waals surface area contributed by atoms with Gasteiger partial charge in [0.2, 0.25) is 5.91 Å². The van der Waals surface area contributed by atoms with Crippen molar-refractivity contribution in [2.24, 2.45) is 0 Å². The zero-order valence-electron chi connectivity index (χ0n) is 9.79. The topological polar surface area (TPSA) is 92.9 Å². The van der Waals surface area contributed by atoms with Crippen LogP contribution in [0.1, 0.15) is 18.3 Å². The summed E-state index contributed by atoms with van der Waals surface area (Å²) >= 11 is 0. The number of amides is 1. The fourth-order valence-corrected chi connectivity index (χ4v) is 1.16. The lowest BCUT2D eigenvalue weighted by Crippen LogP contribution is -2.27. The summed E-state index contributed by atoms with van der Waals surface area (Å²) < 4.78 is 0. The second-order valence-corrected chi connectivity index (χ2v) is 3.38. The van der Waals surface area contributed by atoms with Crippen LogP contribution in [0.5, 0.6) is 0 Å². The van der Waals surface area contributed by atoms with E-state index in [2.05, 4.69) is 20.6 Å². The van der Waals surface area contributed by atoms with Crippen LogP contribution in [0.2, 0.25) is 0 Å². The minimum atomic E-state index is -0.102. The van der Waals surface area contributed by atoms with Gasteiger partial charge in [-0.25, -0.2) is 9.97 Å². The lowest BCUT2D eigenvalue weighted by atomic mass is 10.3. The van der Waals surface area contributed by atoms with E-state index in [0.717, 1.165) is 5.56 Å². The minimum absolute atomic E-state index is 0.102. The first kappa shape index (κ1) is 12.2. The Morgan fingerprint density at radius 1 is 1.44 bits per heavy atom. The number of likely N-dealkylation sites (N-methyl/N-ethyl adjacent to an activating group) is 1. The highest BCUT2D eigenvalue weighted by atomic mass is 16.1. The van der Waals surface area contributed by atoms with Crippen molar-refractivity contribution < 1.29 is 4.79 Å². The first-order valence-corrected chi connectivity index (χ1v) is 5.15. The van der Waals surface area contributed by atoms with Crippen LogP contribution in [0.3, 0.4) is 0 Å². The summed E-state index contributed by atoms with van der Waals surface area (Å²) in [5.74, 6) is 1.64. The van der Waals surface area contributed by atoms with Crippen molar-refractivity contribution in [1.29, 1.82) is 0 Å². The molecule has 0 unspecified atom stereocenters. The normalized spacial score (nSPS) is 9.94. The molecule has 0 saturated heterocycles. The fourth-order valence-electron chi connectivity index (χ4n) is 1.16. The van der Waals surface area contributed by atoms with Crippen LogP contribution in [0.15, 0.2) is 0 Å². The number of aromatic nitrogens is 2. The van der Waals surface area contributed by atoms with Gasteiger partial charge in [0.15, 0.2) is 0 Å². The van der Waals surface area contributed by atoms with Crippen LogP contribution in [0, 0.1) is 6.92 Å². The Morgan fingerprint density at radius 2 is 2.12 bits per heavy atom. The van der Waals surface area contributed by atoms with Gasteiger partial charge >= 0.3 is 0 Å². The number of aryl methyl sites for hydroxylation is 1. The average Bonchev–Trinajstić information content (AvgIpc) is 2.30. The lowest BCUT2D eigenvalue weighted by Gasteiger charge is -2.10. The zero-order chi connectivity index (χ0) is 12.1. The van der Waals surface area contributed by atoms with Gasteiger partial charge in [-0.2, -0.15) is 0 Å². The smallest absolute Gasteiger partial charge is 0.239 e. The van der Waals surface area contributed by atoms with Gasteiger partial charge in [-0.05, 0) is 6.92 Å². The van der Waals surface area contributed by atoms with E-state index >= 15 is 0 Å². The number of carbonyl (C=O) groups excluding carboxylic acids is 1. The summed E-state index contributed by atoms with van der Waals surface area (Å²) in [6.07, 6.45) is 0.707. The van der Waals surface area contributed by atoms with Crippen LogP contribution in [-0.2, 0) is 11.2 Å². The highest BCUT2D eigenvalue weighted by Gasteiger charge is 2.08. The Labute approximate surface area is 94.7 Å². The molecule has 0 aliphatic heterocycles. The number of nitrogens with one attached hydrogen (secondary N) is 2. The number of nitrogen functional groups attached to an aromatic ring is 1. The second kappa shape index (κ2) is 5.29. The molecule has 6 heteroatoms. The van der Waals surface area contributed by atoms with E-state index in [1.54, 1.807) is 7.05 Å². The SMILES string of the molecule is CCc1nc(N)c(C)c(NCC(=O)NC)n1. The highest BCUT2D eigenvalue weighted by molar-refractivity contribution is 5.80. The van der Waals surface area contributed by atoms with E-state index in [-0.39, 0.29) is 12.5 Å². The molecule has 1 aromatic heterocycles. The Balaban J connectivity index is 2.86. The van der Waals surface area contributed by atoms with Crippen molar-refractivity contribution in [3.05, 3.63) is 11.4 Å². The molecule has 1 heterocycles. The Bertz CT molecular complexity index is 391. The molecule has 0 aliphatic rings. The molecule has 0 saturated carbocycles. The molecule has 4 N–H and O–H groups in total. The summed E-state index contributed by atoms with van der Waals surface area (Å²) in [7, 11) is 1.59. The maximum Gasteiger partial charge on any atom is 0.239 e. The molecule has 16 heavy (non-hydrogen) atoms. The average molecular weight is 223 g/mol. The van der Waals surface area contributed by atoms with E-state index in [1.165, 1.54) is 0 Å². The van der Waals surface area contributed by atoms with Gasteiger partial charge in [0.1, 0.15) is 17.5 Å². The number of carbonyl (C=O) groups is 1. The third kappa shape index (κ3) is 2.82. The zero-order valence-corrected chi connectivity index (χ0v) is 9.79. The Kier molecular flexibility index (Phi) is 4.04. The van der Waals surface area contributed by atoms with E-state index in [1.807, 2.05) is 13.8 Å². The van der Waals surface area contributed by atoms with E-state index in [9.17, 15) is 4.79 Å². The van der Waals surface area contributed by atoms with Gasteiger partial charge in [-0.1, -0.05) is 6.92 Å². The summed E-state index contributed by atoms with van der Waals surface area (Å²) in [6, 6.07) is 0. The summed E-state index contributed by atoms with van der Waals surface area (Å²) in [6.45, 7) is 3.95. The van der Waals surface area contributed by atoms with E-state index in [4.69, 9.17) is 5.73 Å². The number of hydrogen-bond acceptors (Lipinski definition) is 5. The molecule has 0 radical (unpaired) electrons. The fraction of sp³-hybridized carbons (Fsp3) is 0.500. The first-order valence-electron chi connectivity index (χ1n) is 5.15. The van der Waals surface area contributed by atoms with Crippen LogP contribution in [0.25, 0.3) is 0 Å². The molecule has 0 atom stereocenters. The third-order valence-electron chi connectivity index (χ3n) is 2.24. The summed E-state index contributed by atoms with van der Waals surface area (Å²) in [5.41, 5.74) is 6.51. The standard InChI is InChI=1S/C10H17N5O/c1-4-7-14-9(11)6(2)10(15-7)13-5-8(16)12-3/h4-5H2,1-3H3,(H,12,16)(H3,11,13,14,15). The summed E-state index contributed by atoms with van der Waals surface area (Å²) in [5, 5.41) is 5.46. The van der Waals surface area contributed by atoms with Crippen LogP contribution in [0.4, 0.5) is 11.6 Å². The number of nitrogens with zero attached hydrogens (tertiary/aromatic N) is 2. The Hall–Kier alpha value is -1.85. The quantitative estimate of drug-likeness (QED) is 0.672. The molecule has 0 spiro atoms. The molecular formula is C10H17N5O. The number of nitrogens with two attached hydrogens (primary N) is 1. The van der Waals surface area contributed by atoms with Gasteiger partial charge < -0.3 is 16.4 Å². The van der Waals surface area contributed by atoms with E-state index < -0.39 is 0 Å². The molecule has 1 aromatic rings. The van der Waals surface area contributed by atoms with Gasteiger partial charge in [0, 0.05) is 19.0 Å². The largest absolute Gasteiger partial charge is 0.383 e. The summed E-state index contributed by atoms with van der Waals surface area (Å²) in [4.78, 5) is 19.5. The molecule has 88 valence electrons. The van der Waals surface area contributed by atoms with Crippen molar-refractivity contribution in [1.82, 2.24) is 15.3 Å². The predicted molar refractivity (Wildman–Crippen MR) is 63.1 cm³/mol. The number of rotatable bonds is 4. The maximum absolute atomic E-state index is 11.1. The Morgan fingerprint density at radius 3 is 2.69 bits per heavy atom. The molecule has 0 fully saturated rings. The first-order chi connectivity index (χ1) is 7.58. The lowest BCUT2D eigenvalue weighted by molar-refractivity contribution is -0.118. The van der Waals surface area contributed by atoms with E-state index in [0.29, 0.717) is 23.9 Å².